The van der Waals surface area contributed by atoms with E-state index >= 15 is 0 Å². The van der Waals surface area contributed by atoms with Crippen LogP contribution in [0, 0.1) is 0 Å². The molecule has 0 aromatic rings. The Hall–Kier alpha value is -0.0900. The predicted octanol–water partition coefficient (Wildman–Crippen LogP) is 1.93. The Morgan fingerprint density at radius 2 is 1.94 bits per heavy atom. The van der Waals surface area contributed by atoms with E-state index in [2.05, 4.69) is 16.4 Å². The van der Waals surface area contributed by atoms with Gasteiger partial charge in [-0.05, 0) is 32.4 Å². The summed E-state index contributed by atoms with van der Waals surface area (Å²) in [5, 5.41) is 0.754. The second-order valence-electron chi connectivity index (χ2n) is 5.03. The van der Waals surface area contributed by atoms with E-state index in [1.165, 1.54) is 25.8 Å². The highest BCUT2D eigenvalue weighted by Gasteiger charge is 2.23. The van der Waals surface area contributed by atoms with Crippen LogP contribution in [0.2, 0.25) is 0 Å². The van der Waals surface area contributed by atoms with Gasteiger partial charge in [-0.1, -0.05) is 18.2 Å². The Balaban J connectivity index is 1.80. The first-order valence-electron chi connectivity index (χ1n) is 6.63. The van der Waals surface area contributed by atoms with Crippen molar-refractivity contribution < 1.29 is 4.74 Å². The minimum Gasteiger partial charge on any atom is -0.381 e. The summed E-state index contributed by atoms with van der Waals surface area (Å²) in [4.78, 5) is 5.05. The van der Waals surface area contributed by atoms with Gasteiger partial charge in [0.2, 0.25) is 0 Å². The lowest BCUT2D eigenvalue weighted by atomic mass is 10.1. The predicted molar refractivity (Wildman–Crippen MR) is 71.5 cm³/mol. The minimum atomic E-state index is 0.739. The van der Waals surface area contributed by atoms with Crippen LogP contribution in [-0.2, 0) is 4.74 Å². The van der Waals surface area contributed by atoms with E-state index in [9.17, 15) is 0 Å². The largest absolute Gasteiger partial charge is 0.381 e. The SMILES string of the molecule is C=C(Cl)CN1CCCN(C2CCOCC2)CC1. The molecule has 2 fully saturated rings. The van der Waals surface area contributed by atoms with Crippen LogP contribution in [0.25, 0.3) is 0 Å². The van der Waals surface area contributed by atoms with E-state index in [4.69, 9.17) is 16.3 Å². The van der Waals surface area contributed by atoms with Crippen molar-refractivity contribution in [3.8, 4) is 0 Å². The fourth-order valence-corrected chi connectivity index (χ4v) is 2.98. The van der Waals surface area contributed by atoms with Gasteiger partial charge >= 0.3 is 0 Å². The van der Waals surface area contributed by atoms with Crippen LogP contribution in [0.4, 0.5) is 0 Å². The van der Waals surface area contributed by atoms with Crippen LogP contribution in [0.1, 0.15) is 19.3 Å². The molecule has 0 aliphatic carbocycles. The van der Waals surface area contributed by atoms with Gasteiger partial charge < -0.3 is 4.74 Å². The zero-order valence-electron chi connectivity index (χ0n) is 10.5. The molecule has 0 spiro atoms. The number of hydrogen-bond acceptors (Lipinski definition) is 3. The molecule has 98 valence electrons. The maximum absolute atomic E-state index is 5.88. The Kier molecular flexibility index (Phi) is 5.29. The average Bonchev–Trinajstić information content (AvgIpc) is 2.55. The third kappa shape index (κ3) is 4.25. The Morgan fingerprint density at radius 1 is 1.18 bits per heavy atom. The van der Waals surface area contributed by atoms with Crippen molar-refractivity contribution in [3.05, 3.63) is 11.6 Å². The average molecular weight is 259 g/mol. The van der Waals surface area contributed by atoms with E-state index in [-0.39, 0.29) is 0 Å². The molecule has 0 bridgehead atoms. The minimum absolute atomic E-state index is 0.739. The second-order valence-corrected chi connectivity index (χ2v) is 5.56. The van der Waals surface area contributed by atoms with Gasteiger partial charge in [0.15, 0.2) is 0 Å². The van der Waals surface area contributed by atoms with Gasteiger partial charge in [0.05, 0.1) is 0 Å². The maximum atomic E-state index is 5.88. The molecule has 0 unspecified atom stereocenters. The third-order valence-corrected chi connectivity index (χ3v) is 3.85. The van der Waals surface area contributed by atoms with Gasteiger partial charge in [0, 0.05) is 43.9 Å². The standard InChI is InChI=1S/C13H23ClN2O/c1-12(14)11-15-5-2-6-16(8-7-15)13-3-9-17-10-4-13/h13H,1-11H2. The Morgan fingerprint density at radius 3 is 2.65 bits per heavy atom. The van der Waals surface area contributed by atoms with Crippen molar-refractivity contribution in [2.75, 3.05) is 45.9 Å². The molecule has 0 aromatic carbocycles. The maximum Gasteiger partial charge on any atom is 0.0480 e. The molecule has 0 aromatic heterocycles. The molecule has 2 aliphatic rings. The number of ether oxygens (including phenoxy) is 1. The lowest BCUT2D eigenvalue weighted by Crippen LogP contribution is -2.41. The van der Waals surface area contributed by atoms with Crippen molar-refractivity contribution in [2.45, 2.75) is 25.3 Å². The summed E-state index contributed by atoms with van der Waals surface area (Å²) >= 11 is 5.88. The van der Waals surface area contributed by atoms with Crippen LogP contribution in [-0.4, -0.2) is 61.8 Å². The van der Waals surface area contributed by atoms with E-state index < -0.39 is 0 Å². The first kappa shape index (κ1) is 13.3. The van der Waals surface area contributed by atoms with Crippen molar-refractivity contribution in [1.29, 1.82) is 0 Å². The molecule has 2 heterocycles. The fourth-order valence-electron chi connectivity index (χ4n) is 2.81. The van der Waals surface area contributed by atoms with Gasteiger partial charge in [0.25, 0.3) is 0 Å². The van der Waals surface area contributed by atoms with Crippen LogP contribution < -0.4 is 0 Å². The summed E-state index contributed by atoms with van der Waals surface area (Å²) in [7, 11) is 0. The number of rotatable bonds is 3. The summed E-state index contributed by atoms with van der Waals surface area (Å²) in [6.07, 6.45) is 3.63. The van der Waals surface area contributed by atoms with Gasteiger partial charge in [-0.2, -0.15) is 0 Å². The molecule has 4 heteroatoms. The van der Waals surface area contributed by atoms with Gasteiger partial charge in [-0.25, -0.2) is 0 Å². The van der Waals surface area contributed by atoms with Crippen LogP contribution in [0.3, 0.4) is 0 Å². The molecule has 17 heavy (non-hydrogen) atoms. The number of hydrogen-bond donors (Lipinski definition) is 0. The first-order chi connectivity index (χ1) is 8.25. The molecule has 0 amide bonds. The van der Waals surface area contributed by atoms with Crippen molar-refractivity contribution in [2.24, 2.45) is 0 Å². The molecular formula is C13H23ClN2O. The zero-order valence-corrected chi connectivity index (χ0v) is 11.3. The lowest BCUT2D eigenvalue weighted by molar-refractivity contribution is 0.0355. The fraction of sp³-hybridized carbons (Fsp3) is 0.846. The first-order valence-corrected chi connectivity index (χ1v) is 7.01. The number of nitrogens with zero attached hydrogens (tertiary/aromatic N) is 2. The zero-order chi connectivity index (χ0) is 12.1. The smallest absolute Gasteiger partial charge is 0.0480 e. The van der Waals surface area contributed by atoms with Crippen molar-refractivity contribution in [3.63, 3.8) is 0 Å². The van der Waals surface area contributed by atoms with Gasteiger partial charge in [0.1, 0.15) is 0 Å². The molecular weight excluding hydrogens is 236 g/mol. The highest BCUT2D eigenvalue weighted by molar-refractivity contribution is 6.29. The quantitative estimate of drug-likeness (QED) is 0.769. The monoisotopic (exact) mass is 258 g/mol. The molecule has 2 rings (SSSR count). The van der Waals surface area contributed by atoms with Crippen molar-refractivity contribution >= 4 is 11.6 Å². The Labute approximate surface area is 109 Å². The Bertz CT molecular complexity index is 254. The highest BCUT2D eigenvalue weighted by Crippen LogP contribution is 2.17. The summed E-state index contributed by atoms with van der Waals surface area (Å²) in [5.74, 6) is 0. The summed E-state index contributed by atoms with van der Waals surface area (Å²) in [6.45, 7) is 11.1. The van der Waals surface area contributed by atoms with Crippen LogP contribution >= 0.6 is 11.6 Å². The summed E-state index contributed by atoms with van der Waals surface area (Å²) < 4.78 is 5.43. The summed E-state index contributed by atoms with van der Waals surface area (Å²) in [6, 6.07) is 0.739. The van der Waals surface area contributed by atoms with Crippen LogP contribution in [0.15, 0.2) is 11.6 Å². The van der Waals surface area contributed by atoms with Gasteiger partial charge in [-0.15, -0.1) is 0 Å². The van der Waals surface area contributed by atoms with E-state index in [0.717, 1.165) is 50.5 Å². The van der Waals surface area contributed by atoms with E-state index in [1.807, 2.05) is 0 Å². The molecule has 2 saturated heterocycles. The number of halogens is 1. The molecule has 0 saturated carbocycles. The van der Waals surface area contributed by atoms with E-state index in [1.54, 1.807) is 0 Å². The van der Waals surface area contributed by atoms with Gasteiger partial charge in [-0.3, -0.25) is 9.80 Å². The third-order valence-electron chi connectivity index (χ3n) is 3.73. The molecule has 3 nitrogen and oxygen atoms in total. The van der Waals surface area contributed by atoms with Crippen LogP contribution in [0.5, 0.6) is 0 Å². The normalized spacial score (nSPS) is 25.7. The van der Waals surface area contributed by atoms with E-state index in [0.29, 0.717) is 0 Å². The molecule has 0 radical (unpaired) electrons. The van der Waals surface area contributed by atoms with Crippen molar-refractivity contribution in [1.82, 2.24) is 9.80 Å². The molecule has 0 N–H and O–H groups in total. The summed E-state index contributed by atoms with van der Waals surface area (Å²) in [5.41, 5.74) is 0. The topological polar surface area (TPSA) is 15.7 Å². The second kappa shape index (κ2) is 6.74. The lowest BCUT2D eigenvalue weighted by Gasteiger charge is -2.33. The highest BCUT2D eigenvalue weighted by atomic mass is 35.5. The molecule has 0 atom stereocenters. The molecule has 2 aliphatic heterocycles.